The second-order valence-corrected chi connectivity index (χ2v) is 27.9. The first-order valence-electron chi connectivity index (χ1n) is 38.5. The first kappa shape index (κ1) is 94.9. The smallest absolute Gasteiger partial charge is 0.308 e. The molecule has 5 atom stereocenters. The maximum atomic E-state index is 14.3. The zero-order chi connectivity index (χ0) is 78.8. The molecule has 0 bridgehead atoms. The highest BCUT2D eigenvalue weighted by molar-refractivity contribution is 6.44. The molecular formula is C76H129N12O20+. The van der Waals surface area contributed by atoms with E-state index < -0.39 is 53.8 Å². The van der Waals surface area contributed by atoms with Gasteiger partial charge in [0.05, 0.1) is 158 Å². The molecule has 0 spiro atoms. The molecule has 0 aromatic heterocycles. The maximum absolute atomic E-state index is 14.3. The van der Waals surface area contributed by atoms with Crippen LogP contribution in [0.25, 0.3) is 0 Å². The summed E-state index contributed by atoms with van der Waals surface area (Å²) in [5, 5.41) is 26.6. The number of benzene rings is 1. The molecule has 32 heteroatoms. The Hall–Kier alpha value is -7.29. The molecule has 1 saturated carbocycles. The van der Waals surface area contributed by atoms with Crippen molar-refractivity contribution in [1.82, 2.24) is 37.2 Å². The van der Waals surface area contributed by atoms with E-state index in [-0.39, 0.29) is 120 Å². The first-order valence-corrected chi connectivity index (χ1v) is 38.5. The Labute approximate surface area is 639 Å². The first-order chi connectivity index (χ1) is 52.0. The molecule has 8 amide bonds. The summed E-state index contributed by atoms with van der Waals surface area (Å²) in [5.74, 6) is 7.75. The lowest BCUT2D eigenvalue weighted by Crippen LogP contribution is -2.57. The molecule has 1 aromatic carbocycles. The Morgan fingerprint density at radius 1 is 0.546 bits per heavy atom. The van der Waals surface area contributed by atoms with Crippen molar-refractivity contribution in [3.8, 4) is 11.8 Å². The fourth-order valence-electron chi connectivity index (χ4n) is 10.6. The van der Waals surface area contributed by atoms with Crippen molar-refractivity contribution in [2.75, 3.05) is 185 Å². The molecule has 108 heavy (non-hydrogen) atoms. The van der Waals surface area contributed by atoms with Crippen LogP contribution in [0.1, 0.15) is 149 Å². The predicted octanol–water partition coefficient (Wildman–Crippen LogP) is 2.95. The Bertz CT molecular complexity index is 2870. The number of hydrogen-bond donors (Lipinski definition) is 9. The normalized spacial score (nSPS) is 16.3. The van der Waals surface area contributed by atoms with Crippen molar-refractivity contribution >= 4 is 70.3 Å². The highest BCUT2D eigenvalue weighted by Crippen LogP contribution is 2.19. The topological polar surface area (TPSA) is 402 Å². The van der Waals surface area contributed by atoms with Crippen LogP contribution in [0, 0.1) is 23.7 Å². The van der Waals surface area contributed by atoms with Gasteiger partial charge in [0, 0.05) is 51.5 Å². The lowest BCUT2D eigenvalue weighted by molar-refractivity contribution is -0.869. The molecule has 3 rings (SSSR count). The van der Waals surface area contributed by atoms with Crippen LogP contribution in [0.15, 0.2) is 34.4 Å². The molecule has 10 N–H and O–H groups in total. The number of rotatable bonds is 59. The summed E-state index contributed by atoms with van der Waals surface area (Å²) in [6, 6.07) is 3.28. The Balaban J connectivity index is 1.50. The fourth-order valence-corrected chi connectivity index (χ4v) is 10.6. The third-order valence-corrected chi connectivity index (χ3v) is 16.8. The van der Waals surface area contributed by atoms with E-state index in [4.69, 9.17) is 62.9 Å². The van der Waals surface area contributed by atoms with Crippen molar-refractivity contribution < 1.29 is 99.7 Å². The van der Waals surface area contributed by atoms with Crippen LogP contribution in [0.5, 0.6) is 0 Å². The largest absolute Gasteiger partial charge is 0.461 e. The van der Waals surface area contributed by atoms with Gasteiger partial charge in [-0.1, -0.05) is 65.0 Å². The Morgan fingerprint density at radius 2 is 1.09 bits per heavy atom. The van der Waals surface area contributed by atoms with Gasteiger partial charge in [-0.2, -0.15) is 5.10 Å². The summed E-state index contributed by atoms with van der Waals surface area (Å²) in [6.07, 6.45) is 9.53. The number of quaternary nitrogens is 1. The fraction of sp³-hybridized carbons (Fsp3) is 0.750. The predicted molar refractivity (Wildman–Crippen MR) is 407 cm³/mol. The summed E-state index contributed by atoms with van der Waals surface area (Å²) in [6.45, 7) is 15.6. The van der Waals surface area contributed by atoms with Crippen LogP contribution in [0.2, 0.25) is 0 Å². The van der Waals surface area contributed by atoms with Gasteiger partial charge in [0.25, 0.3) is 0 Å². The van der Waals surface area contributed by atoms with Gasteiger partial charge in [0.15, 0.2) is 0 Å². The number of ether oxygens (including phenoxy) is 11. The van der Waals surface area contributed by atoms with E-state index in [1.54, 1.807) is 52.0 Å². The summed E-state index contributed by atoms with van der Waals surface area (Å²) < 4.78 is 62.8. The average Bonchev–Trinajstić information content (AvgIpc) is 0.879. The van der Waals surface area contributed by atoms with Gasteiger partial charge in [0.1, 0.15) is 55.9 Å². The van der Waals surface area contributed by atoms with Gasteiger partial charge in [-0.15, -0.1) is 5.92 Å². The Morgan fingerprint density at radius 3 is 1.70 bits per heavy atom. The van der Waals surface area contributed by atoms with Crippen LogP contribution in [-0.2, 0) is 102 Å². The van der Waals surface area contributed by atoms with Crippen molar-refractivity contribution in [2.45, 2.75) is 181 Å². The van der Waals surface area contributed by atoms with Crippen molar-refractivity contribution in [3.05, 3.63) is 29.8 Å². The quantitative estimate of drug-likeness (QED) is 0.0113. The highest BCUT2D eigenvalue weighted by atomic mass is 16.6. The number of amides is 8. The summed E-state index contributed by atoms with van der Waals surface area (Å²) in [7, 11) is 6.22. The number of carbonyl (C=O) groups excluding carboxylic acids is 9. The molecule has 1 fully saturated rings. The van der Waals surface area contributed by atoms with Crippen molar-refractivity contribution in [3.63, 3.8) is 0 Å². The minimum absolute atomic E-state index is 0.00845. The van der Waals surface area contributed by atoms with E-state index in [1.165, 1.54) is 6.92 Å². The van der Waals surface area contributed by atoms with Gasteiger partial charge >= 0.3 is 5.97 Å². The third-order valence-electron chi connectivity index (χ3n) is 16.8. The number of hydrogen-bond acceptors (Lipinski definition) is 23. The van der Waals surface area contributed by atoms with Crippen LogP contribution >= 0.6 is 0 Å². The maximum Gasteiger partial charge on any atom is 0.308 e. The number of nitrogens with one attached hydrogen (secondary N) is 8. The molecule has 2 aliphatic carbocycles. The zero-order valence-electron chi connectivity index (χ0n) is 65.6. The van der Waals surface area contributed by atoms with Crippen LogP contribution < -0.4 is 48.4 Å². The van der Waals surface area contributed by atoms with Crippen LogP contribution in [0.3, 0.4) is 0 Å². The number of unbranched alkanes of at least 4 members (excludes halogenated alkanes) is 1. The number of carbonyl (C=O) groups is 9. The molecule has 32 nitrogen and oxygen atoms in total. The van der Waals surface area contributed by atoms with E-state index in [2.05, 4.69) is 80.6 Å². The minimum Gasteiger partial charge on any atom is -0.461 e. The molecule has 0 saturated heterocycles. The third kappa shape index (κ3) is 48.3. The number of aliphatic imine (C=N–C) groups is 1. The summed E-state index contributed by atoms with van der Waals surface area (Å²) in [4.78, 5) is 122. The minimum atomic E-state index is -1.17. The molecule has 0 aliphatic heterocycles. The zero-order valence-corrected chi connectivity index (χ0v) is 65.6. The highest BCUT2D eigenvalue weighted by Gasteiger charge is 2.32. The lowest BCUT2D eigenvalue weighted by atomic mass is 9.95. The van der Waals surface area contributed by atoms with E-state index in [0.717, 1.165) is 62.4 Å². The van der Waals surface area contributed by atoms with Gasteiger partial charge in [0.2, 0.25) is 47.3 Å². The second kappa shape index (κ2) is 59.6. The van der Waals surface area contributed by atoms with E-state index in [0.29, 0.717) is 160 Å². The van der Waals surface area contributed by atoms with Crippen LogP contribution in [-0.4, -0.2) is 279 Å². The standard InChI is InChI=1S/C76H128N12O20/c1-57(2)71(75(96)85-65(24-19-33-78-59(5)89)73(94)83-61-28-26-60(27-29-61)54-108-76(97)58(3)4)86-74(95)64(84-68(91)31-39-99-43-47-103-51-53-105-49-45-101-41-36-82-69(92)55-106-62-20-13-10-9-11-14-21-62)23-17-18-32-80-70(93)56-107-66-25-16-12-15-22-63(72(66)87-77)79-35-40-100-44-48-104-52-50-102-46-42-98-38-30-67(90)81-34-37-88(6,7)8/h26-29,57-58,62,64-66,71H,9-13,15-20,22-25,30-56H2,1-8H3,(H9-,77,78,79,80,81,82,83,84,85,86,89,90,91,92,93,94,95,96)/p+1/t62?,64-,65+,66?,71+/m1/s1. The van der Waals surface area contributed by atoms with E-state index >= 15 is 0 Å². The van der Waals surface area contributed by atoms with E-state index in [1.807, 2.05) is 0 Å². The number of hydrazone groups is 1. The average molecular weight is 1530 g/mol. The van der Waals surface area contributed by atoms with Crippen molar-refractivity contribution in [2.24, 2.45) is 27.8 Å². The summed E-state index contributed by atoms with van der Waals surface area (Å²) in [5.41, 5.74) is 2.29. The Kier molecular flexibility index (Phi) is 52.3. The number of anilines is 1. The monoisotopic (exact) mass is 1530 g/mol. The molecule has 0 heterocycles. The molecule has 2 unspecified atom stereocenters. The van der Waals surface area contributed by atoms with Gasteiger partial charge in [-0.05, 0) is 94.2 Å². The lowest BCUT2D eigenvalue weighted by Gasteiger charge is -2.27. The number of nitrogens with two attached hydrogens (primary N) is 1. The second-order valence-electron chi connectivity index (χ2n) is 27.9. The van der Waals surface area contributed by atoms with Crippen LogP contribution in [0.4, 0.5) is 5.69 Å². The van der Waals surface area contributed by atoms with Crippen molar-refractivity contribution in [1.29, 1.82) is 0 Å². The number of nitrogens with zero attached hydrogens (tertiary/aromatic N) is 3. The van der Waals surface area contributed by atoms with Gasteiger partial charge in [-0.3, -0.25) is 48.1 Å². The van der Waals surface area contributed by atoms with E-state index in [9.17, 15) is 43.2 Å². The SMILES string of the molecule is CC(=O)NCCC[C@H](NC(=O)[C@@H](NC(=O)[C@@H](CCCCNC(=O)COC1CCCCCC(=NCCOCCOCCOCCOCCC(=O)NCC[N+](C)(C)C)C1=NN)NC(=O)CCOCCOCCOCCOCCNC(=O)COC1C#CCCCCC1)C(C)C)C(=O)Nc1ccc(COC(=O)C(C)C)cc1. The molecule has 612 valence electrons. The molecule has 1 aromatic rings. The molecule has 2 aliphatic rings. The number of esters is 1. The molecule has 0 radical (unpaired) electrons. The van der Waals surface area contributed by atoms with Gasteiger partial charge < -0.3 is 105 Å². The number of likely N-dealkylation sites (N-methyl/N-ethyl adjacent to an activating group) is 1. The molecular weight excluding hydrogens is 1400 g/mol. The van der Waals surface area contributed by atoms with Gasteiger partial charge in [-0.25, -0.2) is 0 Å². The summed E-state index contributed by atoms with van der Waals surface area (Å²) >= 11 is 0.